The van der Waals surface area contributed by atoms with E-state index in [2.05, 4.69) is 0 Å². The molecule has 0 spiro atoms. The lowest BCUT2D eigenvalue weighted by molar-refractivity contribution is 0.456. The second-order valence-corrected chi connectivity index (χ2v) is 9.34. The molecule has 0 heterocycles. The molecule has 0 bridgehead atoms. The molecule has 0 aliphatic rings. The predicted octanol–water partition coefficient (Wildman–Crippen LogP) is 5.89. The molecular weight excluding hydrogens is 482 g/mol. The largest absolute Gasteiger partial charge is 0.508 e. The van der Waals surface area contributed by atoms with Crippen LogP contribution in [0.15, 0.2) is 54.6 Å². The molecule has 0 saturated heterocycles. The fraction of sp³-hybridized carbons (Fsp3) is 0.0526. The number of phenols is 2. The summed E-state index contributed by atoms with van der Waals surface area (Å²) < 4.78 is 34.1. The van der Waals surface area contributed by atoms with Gasteiger partial charge in [-0.05, 0) is 47.5 Å². The van der Waals surface area contributed by atoms with Gasteiger partial charge in [0.15, 0.2) is 10.5 Å². The summed E-state index contributed by atoms with van der Waals surface area (Å²) in [7, 11) is -4.99. The summed E-state index contributed by atoms with van der Waals surface area (Å²) in [6.45, 7) is 0. The minimum atomic E-state index is -4.99. The highest BCUT2D eigenvalue weighted by atomic mass is 35.5. The van der Waals surface area contributed by atoms with E-state index >= 15 is 0 Å². The SMILES string of the molecule is O=S(=O)(O)C(c1ccc(O)cc1)(c1cc(Cl)c(O)c(Cl)c1)c1ccc(Cl)cc1Cl. The number of hydrogen-bond donors (Lipinski definition) is 3. The van der Waals surface area contributed by atoms with Crippen LogP contribution in [0.3, 0.4) is 0 Å². The Morgan fingerprint density at radius 3 is 1.76 bits per heavy atom. The molecule has 0 aromatic heterocycles. The van der Waals surface area contributed by atoms with E-state index in [-0.39, 0.29) is 42.5 Å². The molecule has 152 valence electrons. The summed E-state index contributed by atoms with van der Waals surface area (Å²) in [6, 6.07) is 11.5. The first-order valence-electron chi connectivity index (χ1n) is 7.89. The average Bonchev–Trinajstić information content (AvgIpc) is 2.62. The van der Waals surface area contributed by atoms with Gasteiger partial charge >= 0.3 is 0 Å². The van der Waals surface area contributed by atoms with E-state index in [1.165, 1.54) is 42.5 Å². The van der Waals surface area contributed by atoms with Gasteiger partial charge in [0, 0.05) is 15.6 Å². The fourth-order valence-electron chi connectivity index (χ4n) is 3.15. The molecule has 3 rings (SSSR count). The van der Waals surface area contributed by atoms with E-state index < -0.39 is 20.6 Å². The molecule has 5 nitrogen and oxygen atoms in total. The second kappa shape index (κ2) is 7.87. The van der Waals surface area contributed by atoms with Gasteiger partial charge in [0.05, 0.1) is 10.0 Å². The zero-order valence-electron chi connectivity index (χ0n) is 14.3. The number of benzene rings is 3. The maximum atomic E-state index is 12.9. The van der Waals surface area contributed by atoms with E-state index in [4.69, 9.17) is 46.4 Å². The van der Waals surface area contributed by atoms with Crippen LogP contribution in [-0.2, 0) is 14.9 Å². The lowest BCUT2D eigenvalue weighted by Gasteiger charge is -2.33. The molecule has 0 aliphatic heterocycles. The molecule has 1 atom stereocenters. The van der Waals surface area contributed by atoms with Crippen LogP contribution in [0.1, 0.15) is 16.7 Å². The predicted molar refractivity (Wildman–Crippen MR) is 114 cm³/mol. The number of hydrogen-bond acceptors (Lipinski definition) is 4. The summed E-state index contributed by atoms with van der Waals surface area (Å²) in [5.74, 6) is -0.573. The topological polar surface area (TPSA) is 94.8 Å². The maximum Gasteiger partial charge on any atom is 0.283 e. The number of phenolic OH excluding ortho intramolecular Hbond substituents is 2. The van der Waals surface area contributed by atoms with Gasteiger partial charge in [-0.25, -0.2) is 0 Å². The van der Waals surface area contributed by atoms with Crippen molar-refractivity contribution in [1.29, 1.82) is 0 Å². The van der Waals surface area contributed by atoms with Crippen LogP contribution in [0, 0.1) is 0 Å². The molecule has 0 saturated carbocycles. The van der Waals surface area contributed by atoms with Crippen LogP contribution in [0.25, 0.3) is 0 Å². The van der Waals surface area contributed by atoms with E-state index in [1.54, 1.807) is 0 Å². The zero-order valence-corrected chi connectivity index (χ0v) is 18.1. The number of halogens is 4. The molecule has 1 unspecified atom stereocenters. The van der Waals surface area contributed by atoms with Crippen molar-refractivity contribution < 1.29 is 23.2 Å². The van der Waals surface area contributed by atoms with Gasteiger partial charge in [-0.2, -0.15) is 8.42 Å². The molecule has 3 N–H and O–H groups in total. The Kier molecular flexibility index (Phi) is 5.98. The number of aromatic hydroxyl groups is 2. The molecule has 0 amide bonds. The van der Waals surface area contributed by atoms with Crippen LogP contribution < -0.4 is 0 Å². The van der Waals surface area contributed by atoms with Crippen molar-refractivity contribution in [2.45, 2.75) is 4.75 Å². The first kappa shape index (κ1) is 22.0. The van der Waals surface area contributed by atoms with Crippen molar-refractivity contribution in [2.75, 3.05) is 0 Å². The third kappa shape index (κ3) is 3.77. The van der Waals surface area contributed by atoms with E-state index in [1.807, 2.05) is 0 Å². The van der Waals surface area contributed by atoms with E-state index in [0.717, 1.165) is 12.1 Å². The van der Waals surface area contributed by atoms with Gasteiger partial charge in [0.25, 0.3) is 10.1 Å². The lowest BCUT2D eigenvalue weighted by Crippen LogP contribution is -2.38. The highest BCUT2D eigenvalue weighted by Gasteiger charge is 2.50. The van der Waals surface area contributed by atoms with E-state index in [0.29, 0.717) is 0 Å². The minimum absolute atomic E-state index is 0.0328. The Morgan fingerprint density at radius 1 is 0.724 bits per heavy atom. The quantitative estimate of drug-likeness (QED) is 0.311. The van der Waals surface area contributed by atoms with Crippen LogP contribution in [0.2, 0.25) is 20.1 Å². The molecule has 0 aliphatic carbocycles. The van der Waals surface area contributed by atoms with Gasteiger partial charge in [0.2, 0.25) is 0 Å². The molecule has 0 radical (unpaired) electrons. The Hall–Kier alpha value is -1.67. The van der Waals surface area contributed by atoms with E-state index in [9.17, 15) is 23.2 Å². The summed E-state index contributed by atoms with van der Waals surface area (Å²) in [4.78, 5) is 0. The summed E-state index contributed by atoms with van der Waals surface area (Å²) in [5.41, 5.74) is -0.0721. The molecule has 3 aromatic carbocycles. The standard InChI is InChI=1S/C19H12Cl4O5S/c20-12-3-6-14(15(21)9-12)19(29(26,27)28,10-1-4-13(24)5-2-10)11-7-16(22)18(25)17(23)8-11/h1-9,24-25H,(H,26,27,28). The van der Waals surface area contributed by atoms with Crippen molar-refractivity contribution in [3.05, 3.63) is 91.4 Å². The van der Waals surface area contributed by atoms with Crippen LogP contribution in [0.4, 0.5) is 0 Å². The molecular formula is C19H12Cl4O5S. The molecule has 29 heavy (non-hydrogen) atoms. The maximum absolute atomic E-state index is 12.9. The molecule has 10 heteroatoms. The van der Waals surface area contributed by atoms with Crippen molar-refractivity contribution in [3.8, 4) is 11.5 Å². The van der Waals surface area contributed by atoms with Crippen molar-refractivity contribution in [2.24, 2.45) is 0 Å². The van der Waals surface area contributed by atoms with Crippen LogP contribution >= 0.6 is 46.4 Å². The first-order valence-corrected chi connectivity index (χ1v) is 10.8. The van der Waals surface area contributed by atoms with Gasteiger partial charge in [0.1, 0.15) is 5.75 Å². The van der Waals surface area contributed by atoms with Gasteiger partial charge in [-0.15, -0.1) is 0 Å². The normalized spacial score (nSPS) is 13.8. The van der Waals surface area contributed by atoms with Crippen molar-refractivity contribution in [1.82, 2.24) is 0 Å². The summed E-state index contributed by atoms with van der Waals surface area (Å²) >= 11 is 24.4. The van der Waals surface area contributed by atoms with Crippen molar-refractivity contribution >= 4 is 56.5 Å². The number of rotatable bonds is 4. The highest BCUT2D eigenvalue weighted by molar-refractivity contribution is 7.87. The minimum Gasteiger partial charge on any atom is -0.508 e. The van der Waals surface area contributed by atoms with Crippen LogP contribution in [-0.4, -0.2) is 23.2 Å². The monoisotopic (exact) mass is 492 g/mol. The Bertz CT molecular complexity index is 1170. The second-order valence-electron chi connectivity index (χ2n) is 6.12. The van der Waals surface area contributed by atoms with Crippen LogP contribution in [0.5, 0.6) is 11.5 Å². The summed E-state index contributed by atoms with van der Waals surface area (Å²) in [6.07, 6.45) is 0. The van der Waals surface area contributed by atoms with Gasteiger partial charge < -0.3 is 10.2 Å². The third-order valence-electron chi connectivity index (χ3n) is 4.39. The average molecular weight is 494 g/mol. The summed E-state index contributed by atoms with van der Waals surface area (Å²) in [5, 5.41) is 19.3. The Labute approximate surface area is 186 Å². The zero-order chi connectivity index (χ0) is 21.6. The lowest BCUT2D eigenvalue weighted by atomic mass is 9.83. The van der Waals surface area contributed by atoms with Gasteiger partial charge in [-0.1, -0.05) is 64.6 Å². The fourth-order valence-corrected chi connectivity index (χ4v) is 5.55. The Balaban J connectivity index is 2.56. The Morgan fingerprint density at radius 2 is 1.28 bits per heavy atom. The smallest absolute Gasteiger partial charge is 0.283 e. The third-order valence-corrected chi connectivity index (χ3v) is 6.98. The van der Waals surface area contributed by atoms with Gasteiger partial charge in [-0.3, -0.25) is 4.55 Å². The van der Waals surface area contributed by atoms with Crippen molar-refractivity contribution in [3.63, 3.8) is 0 Å². The highest BCUT2D eigenvalue weighted by Crippen LogP contribution is 2.49. The molecule has 3 aromatic rings. The first-order chi connectivity index (χ1) is 13.5. The molecule has 0 fully saturated rings.